The molecule has 0 unspecified atom stereocenters. The summed E-state index contributed by atoms with van der Waals surface area (Å²) >= 11 is 0. The number of furan rings is 1. The van der Waals surface area contributed by atoms with Crippen LogP contribution in [0, 0.1) is 0 Å². The predicted molar refractivity (Wildman–Crippen MR) is 78.4 cm³/mol. The summed E-state index contributed by atoms with van der Waals surface area (Å²) in [7, 11) is 0. The maximum atomic E-state index is 11.8. The lowest BCUT2D eigenvalue weighted by molar-refractivity contribution is 0.214. The van der Waals surface area contributed by atoms with Crippen LogP contribution in [0.3, 0.4) is 0 Å². The summed E-state index contributed by atoms with van der Waals surface area (Å²) in [6.07, 6.45) is 3.11. The Kier molecular flexibility index (Phi) is 4.09. The van der Waals surface area contributed by atoms with Gasteiger partial charge in [-0.05, 0) is 30.2 Å². The highest BCUT2D eigenvalue weighted by Crippen LogP contribution is 2.23. The zero-order valence-electron chi connectivity index (χ0n) is 11.7. The second-order valence-corrected chi connectivity index (χ2v) is 5.05. The van der Waals surface area contributed by atoms with Crippen LogP contribution in [0.2, 0.25) is 0 Å². The average Bonchev–Trinajstić information content (AvgIpc) is 3.00. The minimum absolute atomic E-state index is 0.00325. The van der Waals surface area contributed by atoms with E-state index in [-0.39, 0.29) is 12.1 Å². The van der Waals surface area contributed by atoms with Gasteiger partial charge in [-0.1, -0.05) is 18.2 Å². The Morgan fingerprint density at radius 3 is 3.00 bits per heavy atom. The monoisotopic (exact) mass is 286 g/mol. The van der Waals surface area contributed by atoms with E-state index in [2.05, 4.69) is 10.6 Å². The molecule has 3 rings (SSSR count). The molecule has 2 heterocycles. The Morgan fingerprint density at radius 2 is 2.14 bits per heavy atom. The molecule has 21 heavy (non-hydrogen) atoms. The van der Waals surface area contributed by atoms with E-state index in [1.54, 1.807) is 6.26 Å². The molecule has 0 saturated carbocycles. The van der Waals surface area contributed by atoms with Crippen LogP contribution < -0.4 is 15.4 Å². The standard InChI is InChI=1S/C16H18N2O3/c19-16(17-8-7-14-5-3-9-20-14)18-13-10-12-4-1-2-6-15(12)21-11-13/h1-6,9,13H,7-8,10-11H2,(H2,17,18,19)/t13-/m0/s1. The highest BCUT2D eigenvalue weighted by atomic mass is 16.5. The van der Waals surface area contributed by atoms with E-state index in [9.17, 15) is 4.79 Å². The van der Waals surface area contributed by atoms with Gasteiger partial charge >= 0.3 is 6.03 Å². The van der Waals surface area contributed by atoms with Crippen molar-refractivity contribution < 1.29 is 13.9 Å². The number of hydrogen-bond acceptors (Lipinski definition) is 3. The third-order valence-corrected chi connectivity index (χ3v) is 3.45. The third kappa shape index (κ3) is 3.56. The van der Waals surface area contributed by atoms with Crippen molar-refractivity contribution >= 4 is 6.03 Å². The molecule has 2 aromatic rings. The van der Waals surface area contributed by atoms with Crippen molar-refractivity contribution in [3.05, 3.63) is 54.0 Å². The Hall–Kier alpha value is -2.43. The average molecular weight is 286 g/mol. The number of benzene rings is 1. The Labute approximate surface area is 123 Å². The van der Waals surface area contributed by atoms with Gasteiger partial charge in [0, 0.05) is 13.0 Å². The van der Waals surface area contributed by atoms with E-state index in [1.807, 2.05) is 36.4 Å². The zero-order chi connectivity index (χ0) is 14.5. The second-order valence-electron chi connectivity index (χ2n) is 5.05. The van der Waals surface area contributed by atoms with E-state index in [0.717, 1.165) is 23.5 Å². The molecule has 0 fully saturated rings. The van der Waals surface area contributed by atoms with Crippen molar-refractivity contribution in [2.75, 3.05) is 13.2 Å². The van der Waals surface area contributed by atoms with Crippen LogP contribution in [0.4, 0.5) is 4.79 Å². The number of amides is 2. The van der Waals surface area contributed by atoms with Crippen LogP contribution in [0.15, 0.2) is 47.1 Å². The van der Waals surface area contributed by atoms with Crippen LogP contribution in [0.1, 0.15) is 11.3 Å². The molecule has 0 aliphatic carbocycles. The van der Waals surface area contributed by atoms with E-state index in [0.29, 0.717) is 19.6 Å². The van der Waals surface area contributed by atoms with E-state index in [1.165, 1.54) is 0 Å². The molecule has 1 aromatic carbocycles. The van der Waals surface area contributed by atoms with E-state index < -0.39 is 0 Å². The zero-order valence-corrected chi connectivity index (χ0v) is 11.7. The van der Waals surface area contributed by atoms with Gasteiger partial charge in [0.2, 0.25) is 0 Å². The van der Waals surface area contributed by atoms with Crippen LogP contribution in [-0.2, 0) is 12.8 Å². The number of carbonyl (C=O) groups is 1. The summed E-state index contributed by atoms with van der Waals surface area (Å²) in [5, 5.41) is 5.76. The molecule has 5 nitrogen and oxygen atoms in total. The lowest BCUT2D eigenvalue weighted by atomic mass is 10.0. The van der Waals surface area contributed by atoms with E-state index in [4.69, 9.17) is 9.15 Å². The van der Waals surface area contributed by atoms with Gasteiger partial charge in [0.1, 0.15) is 18.1 Å². The normalized spacial score (nSPS) is 16.7. The number of urea groups is 1. The Morgan fingerprint density at radius 1 is 1.24 bits per heavy atom. The number of para-hydroxylation sites is 1. The smallest absolute Gasteiger partial charge is 0.315 e. The number of carbonyl (C=O) groups excluding carboxylic acids is 1. The fourth-order valence-corrected chi connectivity index (χ4v) is 2.41. The number of ether oxygens (including phenoxy) is 1. The lowest BCUT2D eigenvalue weighted by Crippen LogP contribution is -2.47. The third-order valence-electron chi connectivity index (χ3n) is 3.45. The van der Waals surface area contributed by atoms with Gasteiger partial charge in [0.25, 0.3) is 0 Å². The van der Waals surface area contributed by atoms with E-state index >= 15 is 0 Å². The van der Waals surface area contributed by atoms with Crippen molar-refractivity contribution in [2.45, 2.75) is 18.9 Å². The first-order valence-electron chi connectivity index (χ1n) is 7.09. The molecule has 1 aliphatic heterocycles. The first-order valence-corrected chi connectivity index (χ1v) is 7.09. The van der Waals surface area contributed by atoms with Crippen molar-refractivity contribution in [3.8, 4) is 5.75 Å². The summed E-state index contributed by atoms with van der Waals surface area (Å²) in [6.45, 7) is 1.05. The second kappa shape index (κ2) is 6.35. The Bertz CT molecular complexity index is 595. The van der Waals surface area contributed by atoms with Crippen molar-refractivity contribution in [3.63, 3.8) is 0 Å². The number of hydrogen-bond donors (Lipinski definition) is 2. The number of rotatable bonds is 4. The van der Waals surface area contributed by atoms with Crippen molar-refractivity contribution in [2.24, 2.45) is 0 Å². The summed E-state index contributed by atoms with van der Waals surface area (Å²) in [6, 6.07) is 11.5. The molecule has 0 spiro atoms. The molecule has 0 radical (unpaired) electrons. The molecule has 2 N–H and O–H groups in total. The molecule has 5 heteroatoms. The minimum Gasteiger partial charge on any atom is -0.491 e. The molecular formula is C16H18N2O3. The molecule has 2 amide bonds. The van der Waals surface area contributed by atoms with Crippen LogP contribution in [-0.4, -0.2) is 25.2 Å². The Balaban J connectivity index is 1.43. The SMILES string of the molecule is O=C(NCCc1ccco1)N[C@@H]1COc2ccccc2C1. The molecule has 1 aromatic heterocycles. The lowest BCUT2D eigenvalue weighted by Gasteiger charge is -2.26. The quantitative estimate of drug-likeness (QED) is 0.905. The van der Waals surface area contributed by atoms with Gasteiger partial charge in [-0.2, -0.15) is 0 Å². The molecule has 0 saturated heterocycles. The van der Waals surface area contributed by atoms with Crippen molar-refractivity contribution in [1.82, 2.24) is 10.6 Å². The number of fused-ring (bicyclic) bond motifs is 1. The summed E-state index contributed by atoms with van der Waals surface area (Å²) < 4.78 is 10.9. The predicted octanol–water partition coefficient (Wildman–Crippen LogP) is 2.12. The van der Waals surface area contributed by atoms with Crippen LogP contribution >= 0.6 is 0 Å². The van der Waals surface area contributed by atoms with Crippen molar-refractivity contribution in [1.29, 1.82) is 0 Å². The fraction of sp³-hybridized carbons (Fsp3) is 0.312. The first kappa shape index (κ1) is 13.5. The molecule has 110 valence electrons. The maximum absolute atomic E-state index is 11.8. The van der Waals surface area contributed by atoms with Crippen LogP contribution in [0.5, 0.6) is 5.75 Å². The summed E-state index contributed by atoms with van der Waals surface area (Å²) in [5.74, 6) is 1.78. The molecule has 1 atom stereocenters. The van der Waals surface area contributed by atoms with Gasteiger partial charge < -0.3 is 19.8 Å². The highest BCUT2D eigenvalue weighted by Gasteiger charge is 2.20. The summed E-state index contributed by atoms with van der Waals surface area (Å²) in [4.78, 5) is 11.8. The molecular weight excluding hydrogens is 268 g/mol. The summed E-state index contributed by atoms with van der Waals surface area (Å²) in [5.41, 5.74) is 1.13. The fourth-order valence-electron chi connectivity index (χ4n) is 2.41. The largest absolute Gasteiger partial charge is 0.491 e. The van der Waals surface area contributed by atoms with Gasteiger partial charge in [-0.3, -0.25) is 0 Å². The first-order chi connectivity index (χ1) is 10.3. The minimum atomic E-state index is -0.172. The maximum Gasteiger partial charge on any atom is 0.315 e. The molecule has 0 bridgehead atoms. The number of nitrogens with one attached hydrogen (secondary N) is 2. The van der Waals surface area contributed by atoms with Crippen LogP contribution in [0.25, 0.3) is 0 Å². The van der Waals surface area contributed by atoms with Gasteiger partial charge in [0.15, 0.2) is 0 Å². The van der Waals surface area contributed by atoms with Gasteiger partial charge in [-0.25, -0.2) is 4.79 Å². The molecule has 1 aliphatic rings. The van der Waals surface area contributed by atoms with Gasteiger partial charge in [0.05, 0.1) is 12.3 Å². The topological polar surface area (TPSA) is 63.5 Å². The van der Waals surface area contributed by atoms with Gasteiger partial charge in [-0.15, -0.1) is 0 Å². The highest BCUT2D eigenvalue weighted by molar-refractivity contribution is 5.74.